The highest BCUT2D eigenvalue weighted by atomic mass is 16.7. The van der Waals surface area contributed by atoms with Crippen molar-refractivity contribution in [1.29, 1.82) is 0 Å². The highest BCUT2D eigenvalue weighted by Gasteiger charge is 2.20. The van der Waals surface area contributed by atoms with E-state index in [0.29, 0.717) is 17.0 Å². The summed E-state index contributed by atoms with van der Waals surface area (Å²) in [6.45, 7) is 0.170. The molecule has 2 rings (SSSR count). The number of hydrogen-bond donors (Lipinski definition) is 1. The van der Waals surface area contributed by atoms with Crippen LogP contribution in [0.3, 0.4) is 0 Å². The second kappa shape index (κ2) is 3.06. The first-order chi connectivity index (χ1) is 6.31. The average Bonchev–Trinajstić information content (AvgIpc) is 2.63. The van der Waals surface area contributed by atoms with Crippen molar-refractivity contribution in [2.45, 2.75) is 0 Å². The molecule has 5 nitrogen and oxygen atoms in total. The largest absolute Gasteiger partial charge is 0.517 e. The van der Waals surface area contributed by atoms with Crippen LogP contribution in [0.1, 0.15) is 0 Å². The number of rotatable bonds is 2. The molecule has 6 heteroatoms. The maximum atomic E-state index is 10.0. The maximum Gasteiger partial charge on any atom is 0.517 e. The molecule has 0 saturated heterocycles. The van der Waals surface area contributed by atoms with Crippen LogP contribution in [0.2, 0.25) is 0 Å². The molecule has 13 heavy (non-hydrogen) atoms. The van der Waals surface area contributed by atoms with Crippen molar-refractivity contribution >= 4 is 12.5 Å². The Kier molecular flexibility index (Phi) is 1.90. The van der Waals surface area contributed by atoms with Crippen LogP contribution in [-0.4, -0.2) is 18.9 Å². The number of nitroso groups, excluding NO2 is 1. The zero-order valence-electron chi connectivity index (χ0n) is 6.64. The van der Waals surface area contributed by atoms with Gasteiger partial charge in [-0.15, -0.1) is 0 Å². The van der Waals surface area contributed by atoms with Crippen LogP contribution in [0.25, 0.3) is 0 Å². The smallest absolute Gasteiger partial charge is 0.454 e. The lowest BCUT2D eigenvalue weighted by Crippen LogP contribution is -2.27. The summed E-state index contributed by atoms with van der Waals surface area (Å²) in [6.07, 6.45) is 0. The van der Waals surface area contributed by atoms with Crippen LogP contribution in [0, 0.1) is 4.91 Å². The van der Waals surface area contributed by atoms with Gasteiger partial charge < -0.3 is 14.5 Å². The topological polar surface area (TPSA) is 68.1 Å². The third-order valence-corrected chi connectivity index (χ3v) is 1.79. The molecule has 0 spiro atoms. The number of ether oxygens (including phenoxy) is 2. The first-order valence-corrected chi connectivity index (χ1v) is 3.71. The van der Waals surface area contributed by atoms with Gasteiger partial charge in [0.2, 0.25) is 6.79 Å². The van der Waals surface area contributed by atoms with Gasteiger partial charge >= 0.3 is 7.05 Å². The summed E-state index contributed by atoms with van der Waals surface area (Å²) in [5.41, 5.74) is 0.402. The van der Waals surface area contributed by atoms with E-state index >= 15 is 0 Å². The van der Waals surface area contributed by atoms with E-state index in [4.69, 9.17) is 14.5 Å². The Hall–Kier alpha value is -1.56. The molecule has 0 unspecified atom stereocenters. The third kappa shape index (κ3) is 1.36. The van der Waals surface area contributed by atoms with Crippen molar-refractivity contribution < 1.29 is 14.5 Å². The molecule has 66 valence electrons. The Morgan fingerprint density at radius 2 is 2.15 bits per heavy atom. The van der Waals surface area contributed by atoms with E-state index in [1.807, 2.05) is 0 Å². The second-order valence-corrected chi connectivity index (χ2v) is 2.59. The zero-order chi connectivity index (χ0) is 9.26. The Morgan fingerprint density at radius 1 is 1.38 bits per heavy atom. The molecule has 1 aliphatic heterocycles. The van der Waals surface area contributed by atoms with Gasteiger partial charge in [-0.1, -0.05) is 11.2 Å². The quantitative estimate of drug-likeness (QED) is 0.507. The van der Waals surface area contributed by atoms with E-state index in [-0.39, 0.29) is 6.79 Å². The molecule has 1 aliphatic rings. The predicted molar refractivity (Wildman–Crippen MR) is 46.0 cm³/mol. The van der Waals surface area contributed by atoms with Crippen molar-refractivity contribution in [1.82, 2.24) is 0 Å². The van der Waals surface area contributed by atoms with Crippen molar-refractivity contribution in [2.75, 3.05) is 6.79 Å². The lowest BCUT2D eigenvalue weighted by Gasteiger charge is -1.99. The summed E-state index contributed by atoms with van der Waals surface area (Å²) >= 11 is 0. The number of hydrogen-bond acceptors (Lipinski definition) is 5. The van der Waals surface area contributed by atoms with E-state index < -0.39 is 7.05 Å². The van der Waals surface area contributed by atoms with Crippen LogP contribution in [0.5, 0.6) is 11.5 Å². The van der Waals surface area contributed by atoms with Crippen LogP contribution in [0.15, 0.2) is 23.3 Å². The van der Waals surface area contributed by atoms with Gasteiger partial charge in [0.25, 0.3) is 0 Å². The van der Waals surface area contributed by atoms with E-state index in [1.165, 1.54) is 6.07 Å². The van der Waals surface area contributed by atoms with Gasteiger partial charge in [0.05, 0.1) is 0 Å². The summed E-state index contributed by atoms with van der Waals surface area (Å²) in [5, 5.41) is 11.6. The molecular weight excluding hydrogens is 173 g/mol. The Bertz CT molecular complexity index is 343. The average molecular weight is 179 g/mol. The molecule has 1 aromatic rings. The highest BCUT2D eigenvalue weighted by Crippen LogP contribution is 2.29. The molecule has 0 radical (unpaired) electrons. The number of benzene rings is 1. The normalized spacial score (nSPS) is 12.7. The molecule has 1 aromatic carbocycles. The van der Waals surface area contributed by atoms with Crippen LogP contribution in [0.4, 0.5) is 0 Å². The summed E-state index contributed by atoms with van der Waals surface area (Å²) in [7, 11) is -1.34. The van der Waals surface area contributed by atoms with E-state index in [0.717, 1.165) is 0 Å². The summed E-state index contributed by atoms with van der Waals surface area (Å²) in [6, 6.07) is 4.74. The lowest BCUT2D eigenvalue weighted by atomic mass is 9.76. The number of fused-ring (bicyclic) bond motifs is 1. The first kappa shape index (κ1) is 8.06. The summed E-state index contributed by atoms with van der Waals surface area (Å²) in [4.78, 5) is 10.0. The molecule has 1 heterocycles. The highest BCUT2D eigenvalue weighted by molar-refractivity contribution is 6.64. The number of nitrogens with zero attached hydrogens (tertiary/aromatic N) is 1. The van der Waals surface area contributed by atoms with Gasteiger partial charge in [-0.2, -0.15) is 4.91 Å². The summed E-state index contributed by atoms with van der Waals surface area (Å²) < 4.78 is 10.1. The molecule has 0 amide bonds. The second-order valence-electron chi connectivity index (χ2n) is 2.59. The predicted octanol–water partition coefficient (Wildman–Crippen LogP) is -0.131. The van der Waals surface area contributed by atoms with E-state index in [2.05, 4.69) is 5.09 Å². The monoisotopic (exact) mass is 179 g/mol. The zero-order valence-corrected chi connectivity index (χ0v) is 6.64. The first-order valence-electron chi connectivity index (χ1n) is 3.71. The molecule has 0 aromatic heterocycles. The van der Waals surface area contributed by atoms with Gasteiger partial charge in [-0.3, -0.25) is 0 Å². The Labute approximate surface area is 74.4 Å². The molecule has 0 bridgehead atoms. The van der Waals surface area contributed by atoms with Gasteiger partial charge in [0.1, 0.15) is 0 Å². The van der Waals surface area contributed by atoms with Gasteiger partial charge in [0, 0.05) is 0 Å². The SMILES string of the molecule is O=NB(O)c1ccc2c(c1)OCO2. The third-order valence-electron chi connectivity index (χ3n) is 1.79. The van der Waals surface area contributed by atoms with Gasteiger partial charge in [-0.05, 0) is 17.6 Å². The molecule has 0 aliphatic carbocycles. The summed E-state index contributed by atoms with van der Waals surface area (Å²) in [5.74, 6) is 1.14. The van der Waals surface area contributed by atoms with Gasteiger partial charge in [0.15, 0.2) is 11.5 Å². The molecule has 0 atom stereocenters. The fourth-order valence-electron chi connectivity index (χ4n) is 1.13. The molecular formula is C7H6BNO4. The lowest BCUT2D eigenvalue weighted by molar-refractivity contribution is 0.174. The minimum absolute atomic E-state index is 0.170. The Balaban J connectivity index is 2.35. The van der Waals surface area contributed by atoms with Crippen LogP contribution in [-0.2, 0) is 0 Å². The molecule has 0 fully saturated rings. The van der Waals surface area contributed by atoms with E-state index in [9.17, 15) is 4.91 Å². The fraction of sp³-hybridized carbons (Fsp3) is 0.143. The van der Waals surface area contributed by atoms with Crippen molar-refractivity contribution in [3.63, 3.8) is 0 Å². The van der Waals surface area contributed by atoms with Crippen LogP contribution < -0.4 is 14.9 Å². The minimum Gasteiger partial charge on any atom is -0.454 e. The molecule has 1 N–H and O–H groups in total. The molecule has 0 saturated carbocycles. The van der Waals surface area contributed by atoms with E-state index in [1.54, 1.807) is 12.1 Å². The van der Waals surface area contributed by atoms with Gasteiger partial charge in [-0.25, -0.2) is 0 Å². The van der Waals surface area contributed by atoms with Crippen molar-refractivity contribution in [3.05, 3.63) is 23.1 Å². The van der Waals surface area contributed by atoms with Crippen molar-refractivity contribution in [3.8, 4) is 11.5 Å². The Morgan fingerprint density at radius 3 is 2.92 bits per heavy atom. The maximum absolute atomic E-state index is 10.0. The van der Waals surface area contributed by atoms with Crippen molar-refractivity contribution in [2.24, 2.45) is 5.09 Å². The van der Waals surface area contributed by atoms with Crippen LogP contribution >= 0.6 is 0 Å². The standard InChI is InChI=1S/C7H6BNO4/c10-8(9-11)5-1-2-6-7(3-5)13-4-12-6/h1-3,10H,4H2. The minimum atomic E-state index is -1.34. The fourth-order valence-corrected chi connectivity index (χ4v) is 1.13.